The van der Waals surface area contributed by atoms with Crippen molar-refractivity contribution >= 4 is 23.0 Å². The highest BCUT2D eigenvalue weighted by Crippen LogP contribution is 2.35. The molecule has 0 saturated carbocycles. The van der Waals surface area contributed by atoms with Gasteiger partial charge in [-0.3, -0.25) is 4.79 Å². The number of carbonyl (C=O) groups excluding carboxylic acids is 1. The lowest BCUT2D eigenvalue weighted by atomic mass is 10.2. The molecular formula is C22H21N3O4. The lowest BCUT2D eigenvalue weighted by Crippen LogP contribution is -2.13. The monoisotopic (exact) mass is 391 g/mol. The molecule has 0 atom stereocenters. The summed E-state index contributed by atoms with van der Waals surface area (Å²) in [5.74, 6) is 1.90. The topological polar surface area (TPSA) is 81.7 Å². The van der Waals surface area contributed by atoms with Crippen molar-refractivity contribution in [2.24, 2.45) is 0 Å². The van der Waals surface area contributed by atoms with Crippen LogP contribution in [0.15, 0.2) is 60.8 Å². The van der Waals surface area contributed by atoms with E-state index >= 15 is 0 Å². The van der Waals surface area contributed by atoms with Gasteiger partial charge in [0.1, 0.15) is 11.4 Å². The van der Waals surface area contributed by atoms with Gasteiger partial charge in [0.05, 0.1) is 18.0 Å². The van der Waals surface area contributed by atoms with Crippen molar-refractivity contribution in [3.8, 4) is 17.2 Å². The van der Waals surface area contributed by atoms with Crippen LogP contribution in [0.3, 0.4) is 0 Å². The van der Waals surface area contributed by atoms with Crippen LogP contribution in [0.2, 0.25) is 0 Å². The number of aromatic nitrogens is 1. The molecule has 7 heteroatoms. The van der Waals surface area contributed by atoms with Crippen molar-refractivity contribution in [1.29, 1.82) is 0 Å². The van der Waals surface area contributed by atoms with Crippen LogP contribution in [0.1, 0.15) is 24.3 Å². The number of benzene rings is 2. The predicted molar refractivity (Wildman–Crippen MR) is 110 cm³/mol. The number of ether oxygens (including phenoxy) is 3. The van der Waals surface area contributed by atoms with Crippen molar-refractivity contribution in [2.75, 3.05) is 17.4 Å². The van der Waals surface area contributed by atoms with Gasteiger partial charge in [-0.25, -0.2) is 4.98 Å². The lowest BCUT2D eigenvalue weighted by Gasteiger charge is -2.11. The van der Waals surface area contributed by atoms with Crippen LogP contribution in [-0.2, 0) is 0 Å². The van der Waals surface area contributed by atoms with Crippen molar-refractivity contribution < 1.29 is 19.0 Å². The predicted octanol–water partition coefficient (Wildman–Crippen LogP) is 4.59. The summed E-state index contributed by atoms with van der Waals surface area (Å²) in [6.45, 7) is 4.16. The smallest absolute Gasteiger partial charge is 0.274 e. The van der Waals surface area contributed by atoms with Crippen LogP contribution in [-0.4, -0.2) is 23.8 Å². The van der Waals surface area contributed by atoms with Gasteiger partial charge in [0.2, 0.25) is 6.79 Å². The number of amides is 1. The maximum Gasteiger partial charge on any atom is 0.274 e. The zero-order valence-electron chi connectivity index (χ0n) is 16.1. The second-order valence-corrected chi connectivity index (χ2v) is 6.77. The van der Waals surface area contributed by atoms with Crippen LogP contribution < -0.4 is 24.8 Å². The Morgan fingerprint density at radius 3 is 2.41 bits per heavy atom. The van der Waals surface area contributed by atoms with Crippen LogP contribution in [0.25, 0.3) is 0 Å². The number of anilines is 3. The maximum atomic E-state index is 12.4. The van der Waals surface area contributed by atoms with Gasteiger partial charge in [0, 0.05) is 17.4 Å². The second kappa shape index (κ2) is 8.10. The van der Waals surface area contributed by atoms with Gasteiger partial charge in [-0.05, 0) is 62.4 Å². The summed E-state index contributed by atoms with van der Waals surface area (Å²) in [4.78, 5) is 16.7. The Balaban J connectivity index is 1.37. The molecule has 0 unspecified atom stereocenters. The first-order valence-electron chi connectivity index (χ1n) is 9.27. The molecule has 2 heterocycles. The summed E-state index contributed by atoms with van der Waals surface area (Å²) in [6.07, 6.45) is 1.71. The Morgan fingerprint density at radius 1 is 0.966 bits per heavy atom. The van der Waals surface area contributed by atoms with E-state index in [2.05, 4.69) is 15.6 Å². The molecule has 1 aliphatic heterocycles. The van der Waals surface area contributed by atoms with Crippen molar-refractivity contribution in [3.05, 3.63) is 66.5 Å². The van der Waals surface area contributed by atoms with E-state index < -0.39 is 0 Å². The standard InChI is InChI=1S/C22H21N3O4/c1-14(2)29-18-7-3-15(4-8-18)25-22(26)19-9-5-17(12-23-19)24-16-6-10-20-21(11-16)28-13-27-20/h3-12,14,24H,13H2,1-2H3,(H,25,26). The van der Waals surface area contributed by atoms with Crippen molar-refractivity contribution in [1.82, 2.24) is 4.98 Å². The molecule has 7 nitrogen and oxygen atoms in total. The minimum atomic E-state index is -0.280. The zero-order chi connectivity index (χ0) is 20.2. The summed E-state index contributed by atoms with van der Waals surface area (Å²) in [5, 5.41) is 6.06. The van der Waals surface area contributed by atoms with Gasteiger partial charge < -0.3 is 24.8 Å². The summed E-state index contributed by atoms with van der Waals surface area (Å²) in [7, 11) is 0. The van der Waals surface area contributed by atoms with E-state index in [4.69, 9.17) is 14.2 Å². The van der Waals surface area contributed by atoms with E-state index in [0.717, 1.165) is 22.9 Å². The first kappa shape index (κ1) is 18.6. The first-order valence-corrected chi connectivity index (χ1v) is 9.27. The van der Waals surface area contributed by atoms with E-state index in [0.29, 0.717) is 17.1 Å². The molecule has 1 amide bonds. The van der Waals surface area contributed by atoms with Crippen LogP contribution in [0, 0.1) is 0 Å². The Labute approximate surface area is 168 Å². The number of hydrogen-bond acceptors (Lipinski definition) is 6. The quantitative estimate of drug-likeness (QED) is 0.639. The van der Waals surface area contributed by atoms with E-state index in [-0.39, 0.29) is 18.8 Å². The number of pyridine rings is 1. The van der Waals surface area contributed by atoms with Gasteiger partial charge in [0.25, 0.3) is 5.91 Å². The third-order valence-electron chi connectivity index (χ3n) is 4.14. The fraction of sp³-hybridized carbons (Fsp3) is 0.182. The normalized spacial score (nSPS) is 12.0. The number of carbonyl (C=O) groups is 1. The molecule has 1 aromatic heterocycles. The number of rotatable bonds is 6. The molecule has 3 aromatic rings. The summed E-state index contributed by atoms with van der Waals surface area (Å²) >= 11 is 0. The minimum absolute atomic E-state index is 0.101. The number of hydrogen-bond donors (Lipinski definition) is 2. The summed E-state index contributed by atoms with van der Waals surface area (Å²) in [6, 6.07) is 16.3. The number of fused-ring (bicyclic) bond motifs is 1. The fourth-order valence-electron chi connectivity index (χ4n) is 2.83. The average Bonchev–Trinajstić information content (AvgIpc) is 3.17. The van der Waals surface area contributed by atoms with Crippen LogP contribution >= 0.6 is 0 Å². The fourth-order valence-corrected chi connectivity index (χ4v) is 2.83. The third-order valence-corrected chi connectivity index (χ3v) is 4.14. The number of nitrogens with zero attached hydrogens (tertiary/aromatic N) is 1. The second-order valence-electron chi connectivity index (χ2n) is 6.77. The van der Waals surface area contributed by atoms with Crippen molar-refractivity contribution in [3.63, 3.8) is 0 Å². The Hall–Kier alpha value is -3.74. The Kier molecular flexibility index (Phi) is 5.20. The Morgan fingerprint density at radius 2 is 1.69 bits per heavy atom. The molecule has 1 aliphatic rings. The molecule has 0 fully saturated rings. The van der Waals surface area contributed by atoms with Gasteiger partial charge in [-0.2, -0.15) is 0 Å². The molecule has 4 rings (SSSR count). The molecule has 2 aromatic carbocycles. The van der Waals surface area contributed by atoms with E-state index in [9.17, 15) is 4.79 Å². The van der Waals surface area contributed by atoms with E-state index in [1.54, 1.807) is 30.5 Å². The largest absolute Gasteiger partial charge is 0.491 e. The molecule has 148 valence electrons. The van der Waals surface area contributed by atoms with E-state index in [1.165, 1.54) is 0 Å². The highest BCUT2D eigenvalue weighted by atomic mass is 16.7. The SMILES string of the molecule is CC(C)Oc1ccc(NC(=O)c2ccc(Nc3ccc4c(c3)OCO4)cn2)cc1. The minimum Gasteiger partial charge on any atom is -0.491 e. The van der Waals surface area contributed by atoms with Gasteiger partial charge in [0.15, 0.2) is 11.5 Å². The maximum absolute atomic E-state index is 12.4. The van der Waals surface area contributed by atoms with E-state index in [1.807, 2.05) is 44.2 Å². The third kappa shape index (κ3) is 4.57. The van der Waals surface area contributed by atoms with Gasteiger partial charge in [-0.15, -0.1) is 0 Å². The molecule has 0 aliphatic carbocycles. The molecule has 0 spiro atoms. The van der Waals surface area contributed by atoms with Crippen molar-refractivity contribution in [2.45, 2.75) is 20.0 Å². The highest BCUT2D eigenvalue weighted by Gasteiger charge is 2.13. The molecule has 0 radical (unpaired) electrons. The molecule has 29 heavy (non-hydrogen) atoms. The number of nitrogens with one attached hydrogen (secondary N) is 2. The molecular weight excluding hydrogens is 370 g/mol. The average molecular weight is 391 g/mol. The lowest BCUT2D eigenvalue weighted by molar-refractivity contribution is 0.102. The van der Waals surface area contributed by atoms with Gasteiger partial charge >= 0.3 is 0 Å². The van der Waals surface area contributed by atoms with Crippen LogP contribution in [0.5, 0.6) is 17.2 Å². The van der Waals surface area contributed by atoms with Crippen LogP contribution in [0.4, 0.5) is 17.1 Å². The first-order chi connectivity index (χ1) is 14.1. The zero-order valence-corrected chi connectivity index (χ0v) is 16.1. The highest BCUT2D eigenvalue weighted by molar-refractivity contribution is 6.03. The van der Waals surface area contributed by atoms with Gasteiger partial charge in [-0.1, -0.05) is 0 Å². The molecule has 0 saturated heterocycles. The summed E-state index contributed by atoms with van der Waals surface area (Å²) in [5.41, 5.74) is 2.60. The molecule has 0 bridgehead atoms. The molecule has 2 N–H and O–H groups in total. The summed E-state index contributed by atoms with van der Waals surface area (Å²) < 4.78 is 16.3. The Bertz CT molecular complexity index is 1000.